The molecule has 114 valence electrons. The lowest BCUT2D eigenvalue weighted by molar-refractivity contribution is -0.147. The summed E-state index contributed by atoms with van der Waals surface area (Å²) in [7, 11) is 0. The number of ether oxygens (including phenoxy) is 1. The molecule has 1 aliphatic rings. The predicted octanol–water partition coefficient (Wildman–Crippen LogP) is 3.27. The fourth-order valence-corrected chi connectivity index (χ4v) is 2.86. The number of aryl methyl sites for hydroxylation is 1. The third-order valence-corrected chi connectivity index (χ3v) is 3.86. The molecule has 0 bridgehead atoms. The third-order valence-electron chi connectivity index (χ3n) is 3.86. The molecule has 0 saturated heterocycles. The molecule has 1 aromatic rings. The van der Waals surface area contributed by atoms with E-state index < -0.39 is 6.10 Å². The first-order valence-corrected chi connectivity index (χ1v) is 7.77. The summed E-state index contributed by atoms with van der Waals surface area (Å²) in [6, 6.07) is 10.4. The van der Waals surface area contributed by atoms with Crippen molar-refractivity contribution >= 4 is 5.97 Å². The molecule has 0 aliphatic heterocycles. The molecule has 0 spiro atoms. The monoisotopic (exact) mass is 288 g/mol. The molecular formula is C18H24O3. The van der Waals surface area contributed by atoms with Gasteiger partial charge in [-0.1, -0.05) is 42.0 Å². The van der Waals surface area contributed by atoms with E-state index in [1.807, 2.05) is 19.1 Å². The van der Waals surface area contributed by atoms with Crippen LogP contribution in [-0.4, -0.2) is 23.8 Å². The van der Waals surface area contributed by atoms with Crippen LogP contribution in [-0.2, 0) is 16.0 Å². The maximum absolute atomic E-state index is 11.8. The molecule has 0 amide bonds. The van der Waals surface area contributed by atoms with Crippen LogP contribution in [0.15, 0.2) is 42.0 Å². The van der Waals surface area contributed by atoms with Gasteiger partial charge in [-0.3, -0.25) is 4.79 Å². The van der Waals surface area contributed by atoms with E-state index in [0.717, 1.165) is 19.3 Å². The van der Waals surface area contributed by atoms with Gasteiger partial charge in [0.1, 0.15) is 0 Å². The van der Waals surface area contributed by atoms with E-state index in [2.05, 4.69) is 24.3 Å². The highest BCUT2D eigenvalue weighted by Gasteiger charge is 2.26. The normalized spacial score (nSPS) is 21.7. The number of carbonyl (C=O) groups is 1. The fourth-order valence-electron chi connectivity index (χ4n) is 2.86. The van der Waals surface area contributed by atoms with Gasteiger partial charge in [0.05, 0.1) is 18.6 Å². The molecule has 21 heavy (non-hydrogen) atoms. The minimum Gasteiger partial charge on any atom is -0.466 e. The first kappa shape index (κ1) is 15.8. The number of benzene rings is 1. The Morgan fingerprint density at radius 1 is 1.29 bits per heavy atom. The van der Waals surface area contributed by atoms with Gasteiger partial charge in [0, 0.05) is 0 Å². The molecule has 3 nitrogen and oxygen atoms in total. The molecule has 2 rings (SSSR count). The van der Waals surface area contributed by atoms with Crippen molar-refractivity contribution in [3.05, 3.63) is 47.5 Å². The van der Waals surface area contributed by atoms with Crippen LogP contribution in [0.2, 0.25) is 0 Å². The smallest absolute Gasteiger partial charge is 0.312 e. The second-order valence-corrected chi connectivity index (χ2v) is 5.62. The number of hydrogen-bond donors (Lipinski definition) is 1. The number of esters is 1. The van der Waals surface area contributed by atoms with Crippen molar-refractivity contribution < 1.29 is 14.6 Å². The second-order valence-electron chi connectivity index (χ2n) is 5.62. The molecule has 0 radical (unpaired) electrons. The summed E-state index contributed by atoms with van der Waals surface area (Å²) in [5.41, 5.74) is 2.51. The summed E-state index contributed by atoms with van der Waals surface area (Å²) < 4.78 is 5.06. The Bertz CT molecular complexity index is 478. The van der Waals surface area contributed by atoms with Crippen LogP contribution in [0.1, 0.15) is 38.2 Å². The molecular weight excluding hydrogens is 264 g/mol. The molecule has 0 aromatic heterocycles. The van der Waals surface area contributed by atoms with Crippen LogP contribution in [0.25, 0.3) is 0 Å². The third kappa shape index (κ3) is 5.01. The van der Waals surface area contributed by atoms with E-state index in [1.54, 1.807) is 0 Å². The maximum Gasteiger partial charge on any atom is 0.312 e. The maximum atomic E-state index is 11.8. The zero-order valence-corrected chi connectivity index (χ0v) is 12.6. The largest absolute Gasteiger partial charge is 0.466 e. The lowest BCUT2D eigenvalue weighted by Gasteiger charge is -2.24. The van der Waals surface area contributed by atoms with E-state index >= 15 is 0 Å². The summed E-state index contributed by atoms with van der Waals surface area (Å²) in [5.74, 6) is -0.489. The molecule has 1 N–H and O–H groups in total. The Morgan fingerprint density at radius 3 is 2.76 bits per heavy atom. The lowest BCUT2D eigenvalue weighted by atomic mass is 9.86. The van der Waals surface area contributed by atoms with Crippen molar-refractivity contribution in [2.24, 2.45) is 5.92 Å². The quantitative estimate of drug-likeness (QED) is 0.645. The van der Waals surface area contributed by atoms with Crippen LogP contribution < -0.4 is 0 Å². The topological polar surface area (TPSA) is 46.5 Å². The Morgan fingerprint density at radius 2 is 2.05 bits per heavy atom. The first-order valence-electron chi connectivity index (χ1n) is 7.77. The van der Waals surface area contributed by atoms with Crippen molar-refractivity contribution in [3.8, 4) is 0 Å². The molecule has 3 heteroatoms. The van der Waals surface area contributed by atoms with E-state index in [1.165, 1.54) is 11.1 Å². The zero-order chi connectivity index (χ0) is 15.1. The fraction of sp³-hybridized carbons (Fsp3) is 0.500. The van der Waals surface area contributed by atoms with Gasteiger partial charge in [-0.05, 0) is 44.6 Å². The Kier molecular flexibility index (Phi) is 6.00. The van der Waals surface area contributed by atoms with Gasteiger partial charge in [-0.25, -0.2) is 0 Å². The molecule has 0 saturated carbocycles. The molecule has 0 heterocycles. The van der Waals surface area contributed by atoms with Crippen LogP contribution in [0, 0.1) is 5.92 Å². The van der Waals surface area contributed by atoms with Gasteiger partial charge >= 0.3 is 5.97 Å². The van der Waals surface area contributed by atoms with Crippen LogP contribution in [0.5, 0.6) is 0 Å². The van der Waals surface area contributed by atoms with Crippen LogP contribution >= 0.6 is 0 Å². The number of hydrogen-bond acceptors (Lipinski definition) is 3. The molecule has 0 fully saturated rings. The number of aliphatic hydroxyl groups excluding tert-OH is 1. The van der Waals surface area contributed by atoms with Crippen LogP contribution in [0.4, 0.5) is 0 Å². The highest BCUT2D eigenvalue weighted by molar-refractivity contribution is 5.75. The van der Waals surface area contributed by atoms with E-state index in [4.69, 9.17) is 4.74 Å². The molecule has 1 unspecified atom stereocenters. The van der Waals surface area contributed by atoms with E-state index in [9.17, 15) is 9.90 Å². The summed E-state index contributed by atoms with van der Waals surface area (Å²) in [6.45, 7) is 2.20. The van der Waals surface area contributed by atoms with E-state index in [0.29, 0.717) is 19.4 Å². The van der Waals surface area contributed by atoms with Crippen molar-refractivity contribution in [1.82, 2.24) is 0 Å². The summed E-state index contributed by atoms with van der Waals surface area (Å²) >= 11 is 0. The van der Waals surface area contributed by atoms with Gasteiger partial charge in [0.15, 0.2) is 0 Å². The number of rotatable bonds is 6. The average Bonchev–Trinajstić information content (AvgIpc) is 2.48. The summed E-state index contributed by atoms with van der Waals surface area (Å²) in [6.07, 6.45) is 5.76. The Balaban J connectivity index is 1.87. The average molecular weight is 288 g/mol. The number of aliphatic hydroxyl groups is 1. The Hall–Kier alpha value is -1.61. The van der Waals surface area contributed by atoms with Crippen LogP contribution in [0.3, 0.4) is 0 Å². The van der Waals surface area contributed by atoms with Crippen molar-refractivity contribution in [2.45, 2.75) is 45.1 Å². The van der Waals surface area contributed by atoms with Crippen molar-refractivity contribution in [1.29, 1.82) is 0 Å². The SMILES string of the molecule is CCOC(=O)[C@@H]1C=C(CCCc2ccccc2)CC(O)C1. The highest BCUT2D eigenvalue weighted by Crippen LogP contribution is 2.27. The van der Waals surface area contributed by atoms with Gasteiger partial charge in [0.25, 0.3) is 0 Å². The van der Waals surface area contributed by atoms with Crippen molar-refractivity contribution in [3.63, 3.8) is 0 Å². The van der Waals surface area contributed by atoms with Gasteiger partial charge in [0.2, 0.25) is 0 Å². The second kappa shape index (κ2) is 7.99. The van der Waals surface area contributed by atoms with Gasteiger partial charge < -0.3 is 9.84 Å². The summed E-state index contributed by atoms with van der Waals surface area (Å²) in [5, 5.41) is 9.93. The van der Waals surface area contributed by atoms with Gasteiger partial charge in [-0.15, -0.1) is 0 Å². The minimum absolute atomic E-state index is 0.211. The first-order chi connectivity index (χ1) is 10.2. The zero-order valence-electron chi connectivity index (χ0n) is 12.6. The Labute approximate surface area is 126 Å². The van der Waals surface area contributed by atoms with Crippen molar-refractivity contribution in [2.75, 3.05) is 6.61 Å². The minimum atomic E-state index is -0.420. The van der Waals surface area contributed by atoms with E-state index in [-0.39, 0.29) is 11.9 Å². The number of carbonyl (C=O) groups excluding carboxylic acids is 1. The predicted molar refractivity (Wildman–Crippen MR) is 82.8 cm³/mol. The molecule has 1 aromatic carbocycles. The molecule has 1 aliphatic carbocycles. The molecule has 2 atom stereocenters. The standard InChI is InChI=1S/C18H24O3/c1-2-21-18(20)16-11-15(12-17(19)13-16)10-6-9-14-7-4-3-5-8-14/h3-5,7-8,11,16-17,19H,2,6,9-10,12-13H2,1H3/t16-,17?/m1/s1. The lowest BCUT2D eigenvalue weighted by Crippen LogP contribution is -2.26. The van der Waals surface area contributed by atoms with Gasteiger partial charge in [-0.2, -0.15) is 0 Å². The summed E-state index contributed by atoms with van der Waals surface area (Å²) in [4.78, 5) is 11.8. The highest BCUT2D eigenvalue weighted by atomic mass is 16.5.